The number of ether oxygens (including phenoxy) is 1. The maximum Gasteiger partial charge on any atom is 0.249 e. The summed E-state index contributed by atoms with van der Waals surface area (Å²) in [6, 6.07) is 16.9. The molecule has 40 heavy (non-hydrogen) atoms. The Balaban J connectivity index is 1.14. The highest BCUT2D eigenvalue weighted by molar-refractivity contribution is 7.90. The van der Waals surface area contributed by atoms with Gasteiger partial charge >= 0.3 is 0 Å². The van der Waals surface area contributed by atoms with Gasteiger partial charge in [0, 0.05) is 32.5 Å². The Labute approximate surface area is 238 Å². The zero-order chi connectivity index (χ0) is 28.2. The van der Waals surface area contributed by atoms with Crippen LogP contribution in [0.3, 0.4) is 0 Å². The summed E-state index contributed by atoms with van der Waals surface area (Å²) >= 11 is 0. The third-order valence-electron chi connectivity index (χ3n) is 8.86. The number of nitrogens with one attached hydrogen (secondary N) is 1. The van der Waals surface area contributed by atoms with E-state index < -0.39 is 9.84 Å². The van der Waals surface area contributed by atoms with Crippen molar-refractivity contribution in [1.82, 2.24) is 15.1 Å². The van der Waals surface area contributed by atoms with Crippen LogP contribution in [-0.2, 0) is 30.7 Å². The van der Waals surface area contributed by atoms with E-state index in [1.807, 2.05) is 23.1 Å². The van der Waals surface area contributed by atoms with Crippen molar-refractivity contribution in [2.24, 2.45) is 5.41 Å². The molecule has 3 heterocycles. The number of carbonyl (C=O) groups is 2. The Morgan fingerprint density at radius 1 is 1.02 bits per heavy atom. The summed E-state index contributed by atoms with van der Waals surface area (Å²) in [4.78, 5) is 31.1. The first-order chi connectivity index (χ1) is 19.2. The molecule has 2 aromatic rings. The smallest absolute Gasteiger partial charge is 0.249 e. The lowest BCUT2D eigenvalue weighted by molar-refractivity contribution is -0.139. The SMILES string of the molecule is CS(=O)(=O)c1ccc(CN2CCC3(CCN(CCC(NC(=O)[C@@H]4CCCCO4)c4ccccc4)CC3)C2=O)cc1. The third kappa shape index (κ3) is 6.75. The predicted octanol–water partition coefficient (Wildman–Crippen LogP) is 3.72. The van der Waals surface area contributed by atoms with Crippen LogP contribution < -0.4 is 5.32 Å². The molecule has 5 rings (SSSR count). The van der Waals surface area contributed by atoms with Crippen molar-refractivity contribution >= 4 is 21.7 Å². The van der Waals surface area contributed by atoms with E-state index in [2.05, 4.69) is 22.3 Å². The number of hydrogen-bond donors (Lipinski definition) is 1. The lowest BCUT2D eigenvalue weighted by Gasteiger charge is -2.38. The van der Waals surface area contributed by atoms with Gasteiger partial charge in [-0.1, -0.05) is 42.5 Å². The maximum absolute atomic E-state index is 13.5. The summed E-state index contributed by atoms with van der Waals surface area (Å²) in [6.07, 6.45) is 7.01. The Hall–Kier alpha value is -2.75. The Morgan fingerprint density at radius 3 is 2.38 bits per heavy atom. The van der Waals surface area contributed by atoms with Crippen LogP contribution in [0.25, 0.3) is 0 Å². The fraction of sp³-hybridized carbons (Fsp3) is 0.548. The summed E-state index contributed by atoms with van der Waals surface area (Å²) in [5, 5.41) is 3.25. The Morgan fingerprint density at radius 2 is 1.73 bits per heavy atom. The second kappa shape index (κ2) is 12.4. The van der Waals surface area contributed by atoms with Crippen LogP contribution in [0.15, 0.2) is 59.5 Å². The quantitative estimate of drug-likeness (QED) is 0.496. The largest absolute Gasteiger partial charge is 0.368 e. The number of benzene rings is 2. The zero-order valence-corrected chi connectivity index (χ0v) is 24.2. The lowest BCUT2D eigenvalue weighted by Crippen LogP contribution is -2.45. The van der Waals surface area contributed by atoms with E-state index in [0.717, 1.165) is 82.3 Å². The molecule has 1 unspecified atom stereocenters. The van der Waals surface area contributed by atoms with Crippen LogP contribution in [0.1, 0.15) is 62.1 Å². The van der Waals surface area contributed by atoms with E-state index in [-0.39, 0.29) is 29.4 Å². The monoisotopic (exact) mass is 567 g/mol. The molecule has 3 fully saturated rings. The van der Waals surface area contributed by atoms with Gasteiger partial charge in [-0.05, 0) is 81.3 Å². The summed E-state index contributed by atoms with van der Waals surface area (Å²) < 4.78 is 29.2. The minimum Gasteiger partial charge on any atom is -0.368 e. The van der Waals surface area contributed by atoms with Gasteiger partial charge in [-0.25, -0.2) is 8.42 Å². The average molecular weight is 568 g/mol. The summed E-state index contributed by atoms with van der Waals surface area (Å²) in [5.74, 6) is 0.204. The first-order valence-corrected chi connectivity index (χ1v) is 16.4. The van der Waals surface area contributed by atoms with Crippen LogP contribution in [-0.4, -0.2) is 75.2 Å². The van der Waals surface area contributed by atoms with Crippen LogP contribution in [0.2, 0.25) is 0 Å². The number of hydrogen-bond acceptors (Lipinski definition) is 6. The molecule has 9 heteroatoms. The van der Waals surface area contributed by atoms with Crippen molar-refractivity contribution in [2.75, 3.05) is 39.0 Å². The molecule has 1 spiro atoms. The topological polar surface area (TPSA) is 96.0 Å². The lowest BCUT2D eigenvalue weighted by atomic mass is 9.77. The van der Waals surface area contributed by atoms with Crippen molar-refractivity contribution in [3.05, 3.63) is 65.7 Å². The highest BCUT2D eigenvalue weighted by Gasteiger charge is 2.47. The number of likely N-dealkylation sites (tertiary alicyclic amines) is 2. The molecule has 2 aromatic carbocycles. The Kier molecular flexibility index (Phi) is 8.92. The summed E-state index contributed by atoms with van der Waals surface area (Å²) in [5.41, 5.74) is 1.75. The van der Waals surface area contributed by atoms with Gasteiger partial charge in [-0.3, -0.25) is 9.59 Å². The zero-order valence-electron chi connectivity index (χ0n) is 23.4. The molecule has 2 atom stereocenters. The minimum atomic E-state index is -3.23. The highest BCUT2D eigenvalue weighted by atomic mass is 32.2. The molecule has 216 valence electrons. The number of carbonyl (C=O) groups excluding carboxylic acids is 2. The molecule has 0 bridgehead atoms. The van der Waals surface area contributed by atoms with Gasteiger partial charge in [-0.2, -0.15) is 0 Å². The predicted molar refractivity (Wildman–Crippen MR) is 153 cm³/mol. The van der Waals surface area contributed by atoms with Gasteiger partial charge in [0.2, 0.25) is 11.8 Å². The third-order valence-corrected chi connectivity index (χ3v) is 9.99. The van der Waals surface area contributed by atoms with E-state index in [1.54, 1.807) is 24.3 Å². The second-order valence-corrected chi connectivity index (χ2v) is 13.6. The fourth-order valence-electron chi connectivity index (χ4n) is 6.31. The van der Waals surface area contributed by atoms with E-state index in [0.29, 0.717) is 18.0 Å². The van der Waals surface area contributed by atoms with E-state index >= 15 is 0 Å². The van der Waals surface area contributed by atoms with Gasteiger partial charge < -0.3 is 19.9 Å². The van der Waals surface area contributed by atoms with Crippen molar-refractivity contribution in [3.63, 3.8) is 0 Å². The molecular weight excluding hydrogens is 526 g/mol. The van der Waals surface area contributed by atoms with E-state index in [1.165, 1.54) is 6.26 Å². The standard InChI is InChI=1S/C31H41N3O5S/c1-40(37,38)26-12-10-24(11-13-26)23-34-21-17-31(30(34)36)15-19-33(20-16-31)18-14-27(25-7-3-2-4-8-25)32-29(35)28-9-5-6-22-39-28/h2-4,7-8,10-13,27-28H,5-6,9,14-23H2,1H3,(H,32,35)/t27?,28-/m0/s1. The van der Waals surface area contributed by atoms with Gasteiger partial charge in [-0.15, -0.1) is 0 Å². The van der Waals surface area contributed by atoms with E-state index in [9.17, 15) is 18.0 Å². The van der Waals surface area contributed by atoms with Gasteiger partial charge in [0.15, 0.2) is 9.84 Å². The van der Waals surface area contributed by atoms with Crippen molar-refractivity contribution in [1.29, 1.82) is 0 Å². The van der Waals surface area contributed by atoms with Crippen LogP contribution >= 0.6 is 0 Å². The molecule has 3 saturated heterocycles. The molecule has 0 aromatic heterocycles. The van der Waals surface area contributed by atoms with Gasteiger partial charge in [0.05, 0.1) is 16.4 Å². The number of piperidine rings is 1. The molecule has 1 N–H and O–H groups in total. The van der Waals surface area contributed by atoms with Crippen molar-refractivity contribution in [2.45, 2.75) is 68.5 Å². The van der Waals surface area contributed by atoms with Crippen molar-refractivity contribution < 1.29 is 22.7 Å². The summed E-state index contributed by atoms with van der Waals surface area (Å²) in [7, 11) is -3.23. The molecule has 2 amide bonds. The summed E-state index contributed by atoms with van der Waals surface area (Å²) in [6.45, 7) is 4.48. The molecule has 8 nitrogen and oxygen atoms in total. The molecule has 0 aliphatic carbocycles. The first kappa shape index (κ1) is 28.8. The van der Waals surface area contributed by atoms with Gasteiger partial charge in [0.1, 0.15) is 6.10 Å². The molecule has 0 radical (unpaired) electrons. The molecule has 3 aliphatic heterocycles. The molecule has 3 aliphatic rings. The first-order valence-electron chi connectivity index (χ1n) is 14.5. The van der Waals surface area contributed by atoms with Crippen molar-refractivity contribution in [3.8, 4) is 0 Å². The average Bonchev–Trinajstić information content (AvgIpc) is 3.26. The fourth-order valence-corrected chi connectivity index (χ4v) is 6.94. The number of nitrogens with zero attached hydrogens (tertiary/aromatic N) is 2. The highest BCUT2D eigenvalue weighted by Crippen LogP contribution is 2.42. The van der Waals surface area contributed by atoms with Gasteiger partial charge in [0.25, 0.3) is 0 Å². The molecular formula is C31H41N3O5S. The number of amides is 2. The second-order valence-electron chi connectivity index (χ2n) is 11.6. The maximum atomic E-state index is 13.5. The Bertz CT molecular complexity index is 1270. The normalized spacial score (nSPS) is 22.4. The number of sulfone groups is 1. The van der Waals surface area contributed by atoms with E-state index in [4.69, 9.17) is 4.74 Å². The van der Waals surface area contributed by atoms with Crippen LogP contribution in [0.4, 0.5) is 0 Å². The minimum absolute atomic E-state index is 0.0197. The molecule has 0 saturated carbocycles. The van der Waals surface area contributed by atoms with Crippen LogP contribution in [0.5, 0.6) is 0 Å². The van der Waals surface area contributed by atoms with Crippen LogP contribution in [0, 0.1) is 5.41 Å². The number of rotatable bonds is 9.